The molecule has 7 nitrogen and oxygen atoms in total. The molecule has 1 aliphatic heterocycles. The standard InChI is InChI=1S/C22H17N3O4S/c26-19-12-23-22(29)25(19)13-14-5-3-6-15(11-14)24-21(28)17-8-2-1-7-16(17)20(27)18-9-4-10-30-18/h1-11H,12-13H2,(H,23,29)(H,24,28). The number of ketones is 1. The highest BCUT2D eigenvalue weighted by molar-refractivity contribution is 7.12. The molecule has 8 heteroatoms. The van der Waals surface area contributed by atoms with Crippen LogP contribution in [0.15, 0.2) is 66.0 Å². The molecule has 4 rings (SSSR count). The van der Waals surface area contributed by atoms with Crippen LogP contribution in [0.5, 0.6) is 0 Å². The van der Waals surface area contributed by atoms with Crippen molar-refractivity contribution < 1.29 is 19.2 Å². The average Bonchev–Trinajstić information content (AvgIpc) is 3.40. The summed E-state index contributed by atoms with van der Waals surface area (Å²) in [5.74, 6) is -0.916. The number of carbonyl (C=O) groups is 4. The molecular weight excluding hydrogens is 402 g/mol. The molecule has 0 aliphatic carbocycles. The van der Waals surface area contributed by atoms with Crippen LogP contribution in [0, 0.1) is 0 Å². The second kappa shape index (κ2) is 8.30. The number of benzene rings is 2. The van der Waals surface area contributed by atoms with E-state index in [0.717, 1.165) is 4.90 Å². The first-order valence-electron chi connectivity index (χ1n) is 9.18. The number of hydrogen-bond donors (Lipinski definition) is 2. The summed E-state index contributed by atoms with van der Waals surface area (Å²) >= 11 is 1.32. The molecule has 0 spiro atoms. The smallest absolute Gasteiger partial charge is 0.324 e. The number of rotatable bonds is 6. The molecule has 1 saturated heterocycles. The van der Waals surface area contributed by atoms with Crippen molar-refractivity contribution in [1.29, 1.82) is 0 Å². The van der Waals surface area contributed by atoms with Crippen LogP contribution in [-0.4, -0.2) is 35.1 Å². The summed E-state index contributed by atoms with van der Waals surface area (Å²) in [5, 5.41) is 7.08. The Balaban J connectivity index is 1.53. The van der Waals surface area contributed by atoms with Crippen molar-refractivity contribution in [3.05, 3.63) is 87.6 Å². The number of nitrogens with one attached hydrogen (secondary N) is 2. The van der Waals surface area contributed by atoms with Gasteiger partial charge in [0.1, 0.15) is 0 Å². The van der Waals surface area contributed by atoms with E-state index in [1.807, 2.05) is 5.38 Å². The van der Waals surface area contributed by atoms with Crippen LogP contribution in [0.25, 0.3) is 0 Å². The van der Waals surface area contributed by atoms with Gasteiger partial charge in [-0.05, 0) is 35.2 Å². The van der Waals surface area contributed by atoms with Gasteiger partial charge in [-0.15, -0.1) is 11.3 Å². The third-order valence-corrected chi connectivity index (χ3v) is 5.49. The normalized spacial score (nSPS) is 13.3. The predicted octanol–water partition coefficient (Wildman–Crippen LogP) is 3.28. The second-order valence-corrected chi connectivity index (χ2v) is 7.59. The number of hydrogen-bond acceptors (Lipinski definition) is 5. The minimum absolute atomic E-state index is 0.00961. The van der Waals surface area contributed by atoms with Crippen molar-refractivity contribution in [2.75, 3.05) is 11.9 Å². The maximum atomic E-state index is 12.9. The molecule has 1 aromatic heterocycles. The molecule has 0 bridgehead atoms. The van der Waals surface area contributed by atoms with Gasteiger partial charge in [0.15, 0.2) is 0 Å². The van der Waals surface area contributed by atoms with Crippen molar-refractivity contribution in [2.24, 2.45) is 0 Å². The van der Waals surface area contributed by atoms with Crippen molar-refractivity contribution in [1.82, 2.24) is 10.2 Å². The zero-order valence-electron chi connectivity index (χ0n) is 15.8. The minimum Gasteiger partial charge on any atom is -0.329 e. The lowest BCUT2D eigenvalue weighted by molar-refractivity contribution is -0.125. The highest BCUT2D eigenvalue weighted by Gasteiger charge is 2.28. The number of amides is 4. The molecule has 0 unspecified atom stereocenters. The van der Waals surface area contributed by atoms with Gasteiger partial charge < -0.3 is 10.6 Å². The zero-order valence-corrected chi connectivity index (χ0v) is 16.6. The van der Waals surface area contributed by atoms with E-state index < -0.39 is 11.9 Å². The lowest BCUT2D eigenvalue weighted by Gasteiger charge is -2.14. The monoisotopic (exact) mass is 419 g/mol. The first kappa shape index (κ1) is 19.5. The van der Waals surface area contributed by atoms with Gasteiger partial charge in [-0.2, -0.15) is 0 Å². The van der Waals surface area contributed by atoms with Crippen molar-refractivity contribution in [3.63, 3.8) is 0 Å². The Morgan fingerprint density at radius 1 is 1.00 bits per heavy atom. The Morgan fingerprint density at radius 3 is 2.50 bits per heavy atom. The average molecular weight is 419 g/mol. The van der Waals surface area contributed by atoms with E-state index in [4.69, 9.17) is 0 Å². The Bertz CT molecular complexity index is 1120. The third kappa shape index (κ3) is 3.99. The van der Waals surface area contributed by atoms with E-state index in [1.165, 1.54) is 11.3 Å². The number of anilines is 1. The van der Waals surface area contributed by atoms with Gasteiger partial charge in [-0.1, -0.05) is 36.4 Å². The topological polar surface area (TPSA) is 95.6 Å². The van der Waals surface area contributed by atoms with E-state index in [0.29, 0.717) is 21.7 Å². The van der Waals surface area contributed by atoms with Gasteiger partial charge in [0.05, 0.1) is 23.5 Å². The van der Waals surface area contributed by atoms with Crippen molar-refractivity contribution in [3.8, 4) is 0 Å². The van der Waals surface area contributed by atoms with Gasteiger partial charge in [0.25, 0.3) is 5.91 Å². The summed E-state index contributed by atoms with van der Waals surface area (Å²) < 4.78 is 0. The fraction of sp³-hybridized carbons (Fsp3) is 0.0909. The van der Waals surface area contributed by atoms with Crippen LogP contribution in [0.1, 0.15) is 31.2 Å². The quantitative estimate of drug-likeness (QED) is 0.473. The van der Waals surface area contributed by atoms with Gasteiger partial charge in [-0.3, -0.25) is 19.3 Å². The van der Waals surface area contributed by atoms with Gasteiger partial charge in [0, 0.05) is 11.3 Å². The molecule has 30 heavy (non-hydrogen) atoms. The molecule has 0 radical (unpaired) electrons. The SMILES string of the molecule is O=C(Nc1cccc(CN2C(=O)CNC2=O)c1)c1ccccc1C(=O)c1cccs1. The van der Waals surface area contributed by atoms with Crippen LogP contribution in [0.2, 0.25) is 0 Å². The number of imide groups is 1. The van der Waals surface area contributed by atoms with Crippen LogP contribution in [0.4, 0.5) is 10.5 Å². The first-order valence-corrected chi connectivity index (χ1v) is 10.1. The zero-order chi connectivity index (χ0) is 21.1. The van der Waals surface area contributed by atoms with E-state index >= 15 is 0 Å². The maximum absolute atomic E-state index is 12.9. The van der Waals surface area contributed by atoms with E-state index in [-0.39, 0.29) is 30.3 Å². The summed E-state index contributed by atoms with van der Waals surface area (Å²) in [6.07, 6.45) is 0. The number of nitrogens with zero attached hydrogens (tertiary/aromatic N) is 1. The molecule has 4 amide bonds. The number of urea groups is 1. The third-order valence-electron chi connectivity index (χ3n) is 4.62. The molecule has 1 aliphatic rings. The van der Waals surface area contributed by atoms with E-state index in [9.17, 15) is 19.2 Å². The maximum Gasteiger partial charge on any atom is 0.324 e. The Morgan fingerprint density at radius 2 is 1.80 bits per heavy atom. The Hall–Kier alpha value is -3.78. The molecule has 150 valence electrons. The van der Waals surface area contributed by atoms with E-state index in [1.54, 1.807) is 60.7 Å². The predicted molar refractivity (Wildman–Crippen MR) is 113 cm³/mol. The molecule has 0 saturated carbocycles. The van der Waals surface area contributed by atoms with Crippen LogP contribution in [0.3, 0.4) is 0 Å². The summed E-state index contributed by atoms with van der Waals surface area (Å²) in [5.41, 5.74) is 1.80. The Kier molecular flexibility index (Phi) is 5.40. The minimum atomic E-state index is -0.435. The summed E-state index contributed by atoms with van der Waals surface area (Å²) in [7, 11) is 0. The second-order valence-electron chi connectivity index (χ2n) is 6.65. The van der Waals surface area contributed by atoms with Crippen molar-refractivity contribution in [2.45, 2.75) is 6.54 Å². The summed E-state index contributed by atoms with van der Waals surface area (Å²) in [6, 6.07) is 16.6. The van der Waals surface area contributed by atoms with Gasteiger partial charge >= 0.3 is 6.03 Å². The number of thiophene rings is 1. The molecule has 2 heterocycles. The summed E-state index contributed by atoms with van der Waals surface area (Å²) in [6.45, 7) is 0.103. The summed E-state index contributed by atoms with van der Waals surface area (Å²) in [4.78, 5) is 50.8. The van der Waals surface area contributed by atoms with E-state index in [2.05, 4.69) is 10.6 Å². The lowest BCUT2D eigenvalue weighted by Crippen LogP contribution is -2.30. The molecule has 2 N–H and O–H groups in total. The molecule has 2 aromatic carbocycles. The lowest BCUT2D eigenvalue weighted by atomic mass is 10.0. The number of carbonyl (C=O) groups excluding carboxylic acids is 4. The molecule has 1 fully saturated rings. The Labute approximate surface area is 176 Å². The largest absolute Gasteiger partial charge is 0.329 e. The van der Waals surface area contributed by atoms with Crippen molar-refractivity contribution >= 4 is 40.7 Å². The fourth-order valence-electron chi connectivity index (χ4n) is 3.16. The molecule has 3 aromatic rings. The van der Waals surface area contributed by atoms with Crippen LogP contribution in [-0.2, 0) is 11.3 Å². The first-order chi connectivity index (χ1) is 14.5. The highest BCUT2D eigenvalue weighted by atomic mass is 32.1. The fourth-order valence-corrected chi connectivity index (χ4v) is 3.84. The van der Waals surface area contributed by atoms with Crippen LogP contribution >= 0.6 is 11.3 Å². The van der Waals surface area contributed by atoms with Gasteiger partial charge in [-0.25, -0.2) is 4.79 Å². The molecule has 0 atom stereocenters. The van der Waals surface area contributed by atoms with Crippen LogP contribution < -0.4 is 10.6 Å². The van der Waals surface area contributed by atoms with Gasteiger partial charge in [0.2, 0.25) is 11.7 Å². The molecular formula is C22H17N3O4S. The highest BCUT2D eigenvalue weighted by Crippen LogP contribution is 2.20.